The average Bonchev–Trinajstić information content (AvgIpc) is 2.84. The summed E-state index contributed by atoms with van der Waals surface area (Å²) in [6, 6.07) is 7.94. The van der Waals surface area contributed by atoms with E-state index in [1.165, 1.54) is 16.8 Å². The van der Waals surface area contributed by atoms with Crippen molar-refractivity contribution in [1.29, 1.82) is 0 Å². The molecule has 118 valence electrons. The summed E-state index contributed by atoms with van der Waals surface area (Å²) in [7, 11) is 0. The Labute approximate surface area is 129 Å². The maximum absolute atomic E-state index is 12.6. The molecule has 0 atom stereocenters. The minimum atomic E-state index is -4.41. The molecular weight excluding hydrogens is 307 g/mol. The summed E-state index contributed by atoms with van der Waals surface area (Å²) >= 11 is 0. The fourth-order valence-corrected chi connectivity index (χ4v) is 2.29. The summed E-state index contributed by atoms with van der Waals surface area (Å²) in [6.45, 7) is 1.65. The van der Waals surface area contributed by atoms with Crippen LogP contribution in [0.5, 0.6) is 0 Å². The molecule has 0 aliphatic heterocycles. The third-order valence-corrected chi connectivity index (χ3v) is 3.53. The monoisotopic (exact) mass is 319 g/mol. The summed E-state index contributed by atoms with van der Waals surface area (Å²) < 4.78 is 39.0. The van der Waals surface area contributed by atoms with E-state index in [0.29, 0.717) is 16.9 Å². The number of H-pyrrole nitrogens is 1. The van der Waals surface area contributed by atoms with Gasteiger partial charge in [0.1, 0.15) is 0 Å². The number of alkyl halides is 3. The van der Waals surface area contributed by atoms with E-state index < -0.39 is 11.7 Å². The fraction of sp³-hybridized carbons (Fsp3) is 0.125. The lowest BCUT2D eigenvalue weighted by Crippen LogP contribution is -2.16. The summed E-state index contributed by atoms with van der Waals surface area (Å²) in [5.41, 5.74) is 1.04. The lowest BCUT2D eigenvalue weighted by atomic mass is 10.1. The lowest BCUT2D eigenvalue weighted by Gasteiger charge is -2.07. The second-order valence-electron chi connectivity index (χ2n) is 5.04. The van der Waals surface area contributed by atoms with E-state index in [2.05, 4.69) is 10.1 Å². The second kappa shape index (κ2) is 5.42. The molecule has 3 aromatic rings. The third kappa shape index (κ3) is 2.77. The molecular formula is C16H12F3N3O. The summed E-state index contributed by atoms with van der Waals surface area (Å²) in [5.74, 6) is 0. The molecule has 0 aliphatic carbocycles. The van der Waals surface area contributed by atoms with Gasteiger partial charge in [0.15, 0.2) is 0 Å². The zero-order valence-corrected chi connectivity index (χ0v) is 12.1. The molecule has 1 aromatic carbocycles. The summed E-state index contributed by atoms with van der Waals surface area (Å²) in [5, 5.41) is 2.92. The molecule has 0 spiro atoms. The number of aromatic nitrogens is 3. The van der Waals surface area contributed by atoms with Gasteiger partial charge in [-0.15, -0.1) is 0 Å². The van der Waals surface area contributed by atoms with Crippen LogP contribution in [0.4, 0.5) is 13.2 Å². The van der Waals surface area contributed by atoms with E-state index >= 15 is 0 Å². The van der Waals surface area contributed by atoms with Gasteiger partial charge in [0.2, 0.25) is 0 Å². The SMILES string of the molecule is Cc1c(-c2cccnc2)[nH]n(-c2ccc(C(F)(F)F)cc2)c1=O. The van der Waals surface area contributed by atoms with Crippen molar-refractivity contribution >= 4 is 0 Å². The molecule has 0 radical (unpaired) electrons. The molecule has 0 bridgehead atoms. The van der Waals surface area contributed by atoms with Gasteiger partial charge < -0.3 is 0 Å². The predicted molar refractivity (Wildman–Crippen MR) is 79.4 cm³/mol. The average molecular weight is 319 g/mol. The predicted octanol–water partition coefficient (Wildman–Crippen LogP) is 3.55. The van der Waals surface area contributed by atoms with Crippen molar-refractivity contribution < 1.29 is 13.2 Å². The molecule has 0 amide bonds. The number of pyridine rings is 1. The van der Waals surface area contributed by atoms with Crippen LogP contribution in [0.1, 0.15) is 11.1 Å². The zero-order valence-electron chi connectivity index (χ0n) is 12.1. The molecule has 2 heterocycles. The second-order valence-corrected chi connectivity index (χ2v) is 5.04. The highest BCUT2D eigenvalue weighted by Crippen LogP contribution is 2.29. The highest BCUT2D eigenvalue weighted by atomic mass is 19.4. The first-order chi connectivity index (χ1) is 10.9. The van der Waals surface area contributed by atoms with Crippen LogP contribution < -0.4 is 5.56 Å². The Kier molecular flexibility index (Phi) is 3.55. The maximum Gasteiger partial charge on any atom is 0.416 e. The van der Waals surface area contributed by atoms with Gasteiger partial charge in [-0.3, -0.25) is 14.9 Å². The first-order valence-corrected chi connectivity index (χ1v) is 6.77. The van der Waals surface area contributed by atoms with Crippen molar-refractivity contribution in [1.82, 2.24) is 14.8 Å². The zero-order chi connectivity index (χ0) is 16.6. The van der Waals surface area contributed by atoms with E-state index in [1.54, 1.807) is 31.5 Å². The standard InChI is InChI=1S/C16H12F3N3O/c1-10-14(11-3-2-8-20-9-11)21-22(15(10)23)13-6-4-12(5-7-13)16(17,18)19/h2-9,21H,1H3. The molecule has 0 fully saturated rings. The van der Waals surface area contributed by atoms with Crippen LogP contribution in [0.2, 0.25) is 0 Å². The van der Waals surface area contributed by atoms with Crippen LogP contribution in [-0.2, 0) is 6.18 Å². The Morgan fingerprint density at radius 2 is 1.83 bits per heavy atom. The maximum atomic E-state index is 12.6. The topological polar surface area (TPSA) is 50.7 Å². The van der Waals surface area contributed by atoms with E-state index in [0.717, 1.165) is 17.7 Å². The first-order valence-electron chi connectivity index (χ1n) is 6.77. The van der Waals surface area contributed by atoms with Gasteiger partial charge in [-0.1, -0.05) is 0 Å². The molecule has 3 rings (SSSR count). The van der Waals surface area contributed by atoms with Gasteiger partial charge in [-0.25, -0.2) is 4.68 Å². The number of hydrogen-bond donors (Lipinski definition) is 1. The number of benzene rings is 1. The van der Waals surface area contributed by atoms with Gasteiger partial charge in [-0.2, -0.15) is 13.2 Å². The van der Waals surface area contributed by atoms with Crippen LogP contribution in [0.15, 0.2) is 53.6 Å². The van der Waals surface area contributed by atoms with Gasteiger partial charge in [0.25, 0.3) is 5.56 Å². The van der Waals surface area contributed by atoms with Crippen molar-refractivity contribution in [2.45, 2.75) is 13.1 Å². The molecule has 23 heavy (non-hydrogen) atoms. The van der Waals surface area contributed by atoms with Crippen molar-refractivity contribution in [3.8, 4) is 16.9 Å². The normalized spacial score (nSPS) is 11.7. The highest BCUT2D eigenvalue weighted by Gasteiger charge is 2.30. The number of aromatic amines is 1. The molecule has 0 saturated carbocycles. The van der Waals surface area contributed by atoms with Crippen LogP contribution in [-0.4, -0.2) is 14.8 Å². The molecule has 0 saturated heterocycles. The van der Waals surface area contributed by atoms with Gasteiger partial charge in [0.05, 0.1) is 16.9 Å². The fourth-order valence-electron chi connectivity index (χ4n) is 2.29. The summed E-state index contributed by atoms with van der Waals surface area (Å²) in [4.78, 5) is 16.3. The van der Waals surface area contributed by atoms with Crippen molar-refractivity contribution in [2.24, 2.45) is 0 Å². The third-order valence-electron chi connectivity index (χ3n) is 3.53. The number of nitrogens with zero attached hydrogens (tertiary/aromatic N) is 2. The number of halogens is 3. The molecule has 4 nitrogen and oxygen atoms in total. The lowest BCUT2D eigenvalue weighted by molar-refractivity contribution is -0.137. The van der Waals surface area contributed by atoms with Gasteiger partial charge in [0, 0.05) is 23.5 Å². The first kappa shape index (κ1) is 15.1. The van der Waals surface area contributed by atoms with Crippen LogP contribution in [0.3, 0.4) is 0 Å². The molecule has 0 unspecified atom stereocenters. The van der Waals surface area contributed by atoms with E-state index in [9.17, 15) is 18.0 Å². The van der Waals surface area contributed by atoms with E-state index in [-0.39, 0.29) is 5.56 Å². The van der Waals surface area contributed by atoms with Crippen LogP contribution >= 0.6 is 0 Å². The van der Waals surface area contributed by atoms with Crippen LogP contribution in [0.25, 0.3) is 16.9 Å². The Morgan fingerprint density at radius 3 is 2.39 bits per heavy atom. The Morgan fingerprint density at radius 1 is 1.13 bits per heavy atom. The smallest absolute Gasteiger partial charge is 0.290 e. The number of hydrogen-bond acceptors (Lipinski definition) is 2. The summed E-state index contributed by atoms with van der Waals surface area (Å²) in [6.07, 6.45) is -1.19. The minimum Gasteiger partial charge on any atom is -0.290 e. The van der Waals surface area contributed by atoms with E-state index in [1.807, 2.05) is 0 Å². The van der Waals surface area contributed by atoms with Crippen molar-refractivity contribution in [2.75, 3.05) is 0 Å². The van der Waals surface area contributed by atoms with Crippen molar-refractivity contribution in [3.63, 3.8) is 0 Å². The Balaban J connectivity index is 2.06. The molecule has 2 aromatic heterocycles. The Hall–Kier alpha value is -2.83. The molecule has 0 aliphatic rings. The van der Waals surface area contributed by atoms with E-state index in [4.69, 9.17) is 0 Å². The molecule has 1 N–H and O–H groups in total. The highest BCUT2D eigenvalue weighted by molar-refractivity contribution is 5.61. The number of rotatable bonds is 2. The van der Waals surface area contributed by atoms with Crippen molar-refractivity contribution in [3.05, 3.63) is 70.3 Å². The Bertz CT molecular complexity index is 878. The largest absolute Gasteiger partial charge is 0.416 e. The minimum absolute atomic E-state index is 0.316. The van der Waals surface area contributed by atoms with Gasteiger partial charge in [-0.05, 0) is 43.3 Å². The van der Waals surface area contributed by atoms with Gasteiger partial charge >= 0.3 is 6.18 Å². The number of nitrogens with one attached hydrogen (secondary N) is 1. The quantitative estimate of drug-likeness (QED) is 0.785. The van der Waals surface area contributed by atoms with Crippen LogP contribution in [0, 0.1) is 6.92 Å². The molecule has 7 heteroatoms.